The van der Waals surface area contributed by atoms with E-state index in [2.05, 4.69) is 6.07 Å². The van der Waals surface area contributed by atoms with Gasteiger partial charge in [0.1, 0.15) is 29.7 Å². The van der Waals surface area contributed by atoms with Gasteiger partial charge in [-0.3, -0.25) is 0 Å². The number of nitrogens with zero attached hydrogens (tertiary/aromatic N) is 1. The molecule has 0 bridgehead atoms. The first-order chi connectivity index (χ1) is 19.9. The van der Waals surface area contributed by atoms with Gasteiger partial charge < -0.3 is 24.7 Å². The lowest BCUT2D eigenvalue weighted by Gasteiger charge is -2.27. The van der Waals surface area contributed by atoms with Crippen molar-refractivity contribution in [2.24, 2.45) is 5.73 Å². The van der Waals surface area contributed by atoms with Crippen molar-refractivity contribution < 1.29 is 23.7 Å². The molecule has 7 nitrogen and oxygen atoms in total. The predicted octanol–water partition coefficient (Wildman–Crippen LogP) is 6.72. The summed E-state index contributed by atoms with van der Waals surface area (Å²) in [5.41, 5.74) is 11.7. The Morgan fingerprint density at radius 1 is 0.902 bits per heavy atom. The molecule has 206 valence electrons. The molecule has 1 heterocycles. The predicted molar refractivity (Wildman–Crippen MR) is 155 cm³/mol. The van der Waals surface area contributed by atoms with E-state index in [0.717, 1.165) is 16.7 Å². The first kappa shape index (κ1) is 27.4. The highest BCUT2D eigenvalue weighted by molar-refractivity contribution is 5.91. The summed E-state index contributed by atoms with van der Waals surface area (Å²) in [4.78, 5) is 12.7. The Bertz CT molecular complexity index is 1650. The molecule has 0 amide bonds. The van der Waals surface area contributed by atoms with Crippen LogP contribution >= 0.6 is 0 Å². The van der Waals surface area contributed by atoms with E-state index >= 15 is 0 Å². The number of aryl methyl sites for hydroxylation is 2. The van der Waals surface area contributed by atoms with Crippen LogP contribution in [0.3, 0.4) is 0 Å². The number of nitriles is 1. The Labute approximate surface area is 239 Å². The molecule has 0 radical (unpaired) electrons. The molecule has 2 N–H and O–H groups in total. The molecule has 0 saturated heterocycles. The Morgan fingerprint density at radius 2 is 1.61 bits per heavy atom. The Balaban J connectivity index is 1.44. The van der Waals surface area contributed by atoms with Crippen molar-refractivity contribution >= 4 is 5.97 Å². The van der Waals surface area contributed by atoms with Crippen LogP contribution in [-0.2, 0) is 6.61 Å². The summed E-state index contributed by atoms with van der Waals surface area (Å²) in [5, 5.41) is 10.0. The zero-order chi connectivity index (χ0) is 28.9. The van der Waals surface area contributed by atoms with E-state index < -0.39 is 11.9 Å². The van der Waals surface area contributed by atoms with E-state index in [9.17, 15) is 10.1 Å². The molecule has 1 aliphatic rings. The van der Waals surface area contributed by atoms with Crippen LogP contribution in [0.2, 0.25) is 0 Å². The second kappa shape index (κ2) is 11.9. The molecule has 0 aromatic heterocycles. The molecule has 7 heteroatoms. The first-order valence-corrected chi connectivity index (χ1v) is 13.3. The monoisotopic (exact) mass is 546 g/mol. The molecule has 5 rings (SSSR count). The molecule has 41 heavy (non-hydrogen) atoms. The van der Waals surface area contributed by atoms with Crippen LogP contribution in [0.25, 0.3) is 0 Å². The van der Waals surface area contributed by atoms with E-state index in [4.69, 9.17) is 24.7 Å². The van der Waals surface area contributed by atoms with E-state index in [1.807, 2.05) is 75.4 Å². The van der Waals surface area contributed by atoms with Crippen LogP contribution < -0.4 is 24.7 Å². The largest absolute Gasteiger partial charge is 0.490 e. The number of rotatable bonds is 8. The van der Waals surface area contributed by atoms with Gasteiger partial charge in [0.05, 0.1) is 18.1 Å². The lowest BCUT2D eigenvalue weighted by molar-refractivity contribution is 0.0734. The fraction of sp³-hybridized carbons (Fsp3) is 0.176. The molecule has 0 fully saturated rings. The van der Waals surface area contributed by atoms with Gasteiger partial charge in [-0.15, -0.1) is 0 Å². The third-order valence-corrected chi connectivity index (χ3v) is 6.80. The smallest absolute Gasteiger partial charge is 0.343 e. The van der Waals surface area contributed by atoms with Crippen LogP contribution in [0.1, 0.15) is 51.0 Å². The maximum atomic E-state index is 12.7. The van der Waals surface area contributed by atoms with Gasteiger partial charge >= 0.3 is 5.97 Å². The Kier molecular flexibility index (Phi) is 7.93. The highest BCUT2D eigenvalue weighted by Gasteiger charge is 2.32. The highest BCUT2D eigenvalue weighted by Crippen LogP contribution is 2.45. The second-order valence-electron chi connectivity index (χ2n) is 9.79. The number of benzene rings is 4. The van der Waals surface area contributed by atoms with Crippen molar-refractivity contribution in [1.29, 1.82) is 5.26 Å². The van der Waals surface area contributed by atoms with Crippen molar-refractivity contribution in [3.05, 3.63) is 130 Å². The lowest BCUT2D eigenvalue weighted by atomic mass is 9.83. The van der Waals surface area contributed by atoms with Crippen molar-refractivity contribution in [2.45, 2.75) is 33.3 Å². The van der Waals surface area contributed by atoms with Crippen molar-refractivity contribution in [3.8, 4) is 29.1 Å². The number of carbonyl (C=O) groups is 1. The molecular weight excluding hydrogens is 516 g/mol. The van der Waals surface area contributed by atoms with Gasteiger partial charge in [-0.1, -0.05) is 59.7 Å². The van der Waals surface area contributed by atoms with E-state index in [-0.39, 0.29) is 11.5 Å². The summed E-state index contributed by atoms with van der Waals surface area (Å²) >= 11 is 0. The number of esters is 1. The summed E-state index contributed by atoms with van der Waals surface area (Å²) in [5.74, 6) is 0.846. The topological polar surface area (TPSA) is 104 Å². The molecule has 4 aromatic rings. The number of fused-ring (bicyclic) bond motifs is 1. The Hall–Kier alpha value is -5.22. The minimum absolute atomic E-state index is 0.00957. The van der Waals surface area contributed by atoms with Gasteiger partial charge in [0, 0.05) is 11.6 Å². The van der Waals surface area contributed by atoms with Gasteiger partial charge in [0.2, 0.25) is 5.88 Å². The minimum atomic E-state index is -0.518. The number of carbonyl (C=O) groups excluding carboxylic acids is 1. The zero-order valence-electron chi connectivity index (χ0n) is 23.1. The van der Waals surface area contributed by atoms with Crippen LogP contribution in [0, 0.1) is 25.2 Å². The molecule has 0 spiro atoms. The van der Waals surface area contributed by atoms with Crippen LogP contribution in [0.5, 0.6) is 23.0 Å². The Morgan fingerprint density at radius 3 is 2.29 bits per heavy atom. The maximum absolute atomic E-state index is 12.7. The van der Waals surface area contributed by atoms with Crippen molar-refractivity contribution in [2.75, 3.05) is 6.61 Å². The SMILES string of the molecule is CCOc1cc(C2C(C#N)=C(N)Oc3cc(OC(=O)c4ccc(C)cc4)ccc32)ccc1OCc1ccc(C)cc1. The van der Waals surface area contributed by atoms with Gasteiger partial charge in [-0.05, 0) is 62.2 Å². The number of ether oxygens (including phenoxy) is 4. The molecule has 4 aromatic carbocycles. The molecular formula is C34H30N2O5. The number of nitrogens with two attached hydrogens (primary N) is 1. The second-order valence-corrected chi connectivity index (χ2v) is 9.79. The van der Waals surface area contributed by atoms with Gasteiger partial charge in [-0.2, -0.15) is 5.26 Å². The van der Waals surface area contributed by atoms with E-state index in [1.165, 1.54) is 5.56 Å². The summed E-state index contributed by atoms with van der Waals surface area (Å²) in [6.45, 7) is 6.72. The fourth-order valence-electron chi connectivity index (χ4n) is 4.63. The van der Waals surface area contributed by atoms with E-state index in [1.54, 1.807) is 30.3 Å². The number of hydrogen-bond donors (Lipinski definition) is 1. The third kappa shape index (κ3) is 6.02. The number of hydrogen-bond acceptors (Lipinski definition) is 7. The van der Waals surface area contributed by atoms with Gasteiger partial charge in [0.15, 0.2) is 11.5 Å². The molecule has 1 atom stereocenters. The fourth-order valence-corrected chi connectivity index (χ4v) is 4.63. The summed E-state index contributed by atoms with van der Waals surface area (Å²) in [6.07, 6.45) is 0. The van der Waals surface area contributed by atoms with Crippen LogP contribution in [0.4, 0.5) is 0 Å². The minimum Gasteiger partial charge on any atom is -0.490 e. The average Bonchev–Trinajstić information content (AvgIpc) is 2.97. The maximum Gasteiger partial charge on any atom is 0.343 e. The summed E-state index contributed by atoms with van der Waals surface area (Å²) in [7, 11) is 0. The highest BCUT2D eigenvalue weighted by atomic mass is 16.5. The quantitative estimate of drug-likeness (QED) is 0.193. The lowest BCUT2D eigenvalue weighted by Crippen LogP contribution is -2.21. The summed E-state index contributed by atoms with van der Waals surface area (Å²) in [6, 6.07) is 28.1. The van der Waals surface area contributed by atoms with Crippen molar-refractivity contribution in [1.82, 2.24) is 0 Å². The van der Waals surface area contributed by atoms with E-state index in [0.29, 0.717) is 47.3 Å². The first-order valence-electron chi connectivity index (χ1n) is 13.3. The molecule has 0 aliphatic carbocycles. The van der Waals surface area contributed by atoms with Gasteiger partial charge in [0.25, 0.3) is 0 Å². The van der Waals surface area contributed by atoms with Gasteiger partial charge in [-0.25, -0.2) is 4.79 Å². The average molecular weight is 547 g/mol. The standard InChI is InChI=1S/C34H30N2O5/c1-4-38-31-17-25(13-16-29(31)39-20-23-9-5-21(2)6-10-23)32-27-15-14-26(18-30(27)41-33(36)28(32)19-35)40-34(37)24-11-7-22(3)8-12-24/h5-18,32H,4,20,36H2,1-3H3. The molecule has 1 unspecified atom stereocenters. The third-order valence-electron chi connectivity index (χ3n) is 6.80. The number of allylic oxidation sites excluding steroid dienone is 1. The summed E-state index contributed by atoms with van der Waals surface area (Å²) < 4.78 is 23.4. The van der Waals surface area contributed by atoms with Crippen LogP contribution in [0.15, 0.2) is 96.4 Å². The molecule has 0 saturated carbocycles. The zero-order valence-corrected chi connectivity index (χ0v) is 23.1. The van der Waals surface area contributed by atoms with Crippen molar-refractivity contribution in [3.63, 3.8) is 0 Å². The normalized spacial score (nSPS) is 14.0. The van der Waals surface area contributed by atoms with Crippen LogP contribution in [-0.4, -0.2) is 12.6 Å². The molecule has 1 aliphatic heterocycles.